The Bertz CT molecular complexity index is 255. The average molecular weight is 196 g/mol. The molecule has 3 nitrogen and oxygen atoms in total. The van der Waals surface area contributed by atoms with Crippen molar-refractivity contribution in [3.8, 4) is 0 Å². The minimum atomic E-state index is -0.243. The van der Waals surface area contributed by atoms with Gasteiger partial charge in [0.15, 0.2) is 0 Å². The molecule has 2 unspecified atom stereocenters. The Balaban J connectivity index is 2.36. The summed E-state index contributed by atoms with van der Waals surface area (Å²) in [6.45, 7) is 7.70. The van der Waals surface area contributed by atoms with E-state index in [1.807, 2.05) is 13.8 Å². The molecule has 0 heterocycles. The van der Waals surface area contributed by atoms with Gasteiger partial charge >= 0.3 is 5.97 Å². The fraction of sp³-hybridized carbons (Fsp3) is 0.636. The van der Waals surface area contributed by atoms with Crippen molar-refractivity contribution in [1.29, 1.82) is 0 Å². The highest BCUT2D eigenvalue weighted by atomic mass is 16.5. The first-order valence-corrected chi connectivity index (χ1v) is 4.75. The molecule has 1 aliphatic rings. The van der Waals surface area contributed by atoms with Gasteiger partial charge in [-0.2, -0.15) is 0 Å². The van der Waals surface area contributed by atoms with E-state index in [9.17, 15) is 9.59 Å². The second-order valence-electron chi connectivity index (χ2n) is 4.27. The molecule has 3 heteroatoms. The molecule has 0 bridgehead atoms. The van der Waals surface area contributed by atoms with Crippen molar-refractivity contribution >= 4 is 12.3 Å². The third-order valence-electron chi connectivity index (χ3n) is 3.03. The van der Waals surface area contributed by atoms with Crippen LogP contribution in [-0.2, 0) is 14.3 Å². The summed E-state index contributed by atoms with van der Waals surface area (Å²) < 4.78 is 4.86. The number of hydrogen-bond acceptors (Lipinski definition) is 3. The average Bonchev–Trinajstić information content (AvgIpc) is 2.64. The van der Waals surface area contributed by atoms with Crippen LogP contribution >= 0.6 is 0 Å². The van der Waals surface area contributed by atoms with Gasteiger partial charge in [0.2, 0.25) is 0 Å². The SMILES string of the molecule is C=CCOC(=O)CC1C(C=O)C1(C)C. The van der Waals surface area contributed by atoms with Gasteiger partial charge in [-0.1, -0.05) is 26.5 Å². The lowest BCUT2D eigenvalue weighted by Crippen LogP contribution is -2.07. The molecule has 0 N–H and O–H groups in total. The van der Waals surface area contributed by atoms with Crippen LogP contribution < -0.4 is 0 Å². The van der Waals surface area contributed by atoms with Crippen molar-refractivity contribution in [2.75, 3.05) is 6.61 Å². The van der Waals surface area contributed by atoms with Crippen LogP contribution in [0.1, 0.15) is 20.3 Å². The first-order valence-electron chi connectivity index (χ1n) is 4.75. The standard InChI is InChI=1S/C11H16O3/c1-4-5-14-10(13)6-8-9(7-12)11(8,2)3/h4,7-9H,1,5-6H2,2-3H3. The lowest BCUT2D eigenvalue weighted by Gasteiger charge is -2.02. The normalized spacial score (nSPS) is 27.9. The monoisotopic (exact) mass is 196 g/mol. The van der Waals surface area contributed by atoms with Gasteiger partial charge in [-0.05, 0) is 11.3 Å². The molecule has 1 fully saturated rings. The van der Waals surface area contributed by atoms with Gasteiger partial charge in [-0.3, -0.25) is 4.79 Å². The molecule has 78 valence electrons. The van der Waals surface area contributed by atoms with E-state index in [-0.39, 0.29) is 29.8 Å². The smallest absolute Gasteiger partial charge is 0.306 e. The number of ether oxygens (including phenoxy) is 1. The number of aldehydes is 1. The Labute approximate surface area is 84.1 Å². The summed E-state index contributed by atoms with van der Waals surface area (Å²) in [4.78, 5) is 21.8. The first-order chi connectivity index (χ1) is 6.54. The van der Waals surface area contributed by atoms with Crippen LogP contribution in [0.2, 0.25) is 0 Å². The Morgan fingerprint density at radius 3 is 2.64 bits per heavy atom. The van der Waals surface area contributed by atoms with Gasteiger partial charge in [0.05, 0.1) is 0 Å². The van der Waals surface area contributed by atoms with Crippen molar-refractivity contribution in [3.05, 3.63) is 12.7 Å². The van der Waals surface area contributed by atoms with E-state index in [1.165, 1.54) is 6.08 Å². The van der Waals surface area contributed by atoms with Crippen LogP contribution in [-0.4, -0.2) is 18.9 Å². The van der Waals surface area contributed by atoms with Crippen molar-refractivity contribution in [2.45, 2.75) is 20.3 Å². The zero-order valence-electron chi connectivity index (χ0n) is 8.66. The molecule has 0 aromatic carbocycles. The minimum Gasteiger partial charge on any atom is -0.461 e. The molecule has 14 heavy (non-hydrogen) atoms. The molecule has 0 spiro atoms. The Hall–Kier alpha value is -1.12. The second-order valence-corrected chi connectivity index (χ2v) is 4.27. The lowest BCUT2D eigenvalue weighted by molar-refractivity contribution is -0.143. The van der Waals surface area contributed by atoms with Crippen molar-refractivity contribution in [3.63, 3.8) is 0 Å². The summed E-state index contributed by atoms with van der Waals surface area (Å²) in [6, 6.07) is 0. The van der Waals surface area contributed by atoms with Gasteiger partial charge in [-0.25, -0.2) is 0 Å². The summed E-state index contributed by atoms with van der Waals surface area (Å²) in [5, 5.41) is 0. The van der Waals surface area contributed by atoms with E-state index in [0.29, 0.717) is 6.42 Å². The number of esters is 1. The van der Waals surface area contributed by atoms with Crippen LogP contribution in [0.5, 0.6) is 0 Å². The number of rotatable bonds is 5. The molecule has 0 amide bonds. The molecule has 1 aliphatic carbocycles. The maximum atomic E-state index is 11.2. The molecule has 0 saturated heterocycles. The van der Waals surface area contributed by atoms with Gasteiger partial charge in [-0.15, -0.1) is 0 Å². The summed E-state index contributed by atoms with van der Waals surface area (Å²) >= 11 is 0. The Morgan fingerprint density at radius 2 is 2.21 bits per heavy atom. The van der Waals surface area contributed by atoms with Crippen LogP contribution in [0.25, 0.3) is 0 Å². The summed E-state index contributed by atoms with van der Waals surface area (Å²) in [5.74, 6) is -0.0802. The molecule has 0 aliphatic heterocycles. The van der Waals surface area contributed by atoms with Gasteiger partial charge in [0.25, 0.3) is 0 Å². The van der Waals surface area contributed by atoms with Gasteiger partial charge in [0, 0.05) is 12.3 Å². The number of carbonyl (C=O) groups is 2. The highest BCUT2D eigenvalue weighted by molar-refractivity contribution is 5.73. The summed E-state index contributed by atoms with van der Waals surface area (Å²) in [7, 11) is 0. The maximum absolute atomic E-state index is 11.2. The molecular weight excluding hydrogens is 180 g/mol. The van der Waals surface area contributed by atoms with Crippen LogP contribution in [0, 0.1) is 17.3 Å². The highest BCUT2D eigenvalue weighted by Crippen LogP contribution is 2.58. The third-order valence-corrected chi connectivity index (χ3v) is 3.03. The van der Waals surface area contributed by atoms with E-state index in [2.05, 4.69) is 6.58 Å². The van der Waals surface area contributed by atoms with E-state index < -0.39 is 0 Å². The summed E-state index contributed by atoms with van der Waals surface area (Å²) in [5.41, 5.74) is -0.0328. The largest absolute Gasteiger partial charge is 0.461 e. The molecule has 1 rings (SSSR count). The third kappa shape index (κ3) is 2.03. The van der Waals surface area contributed by atoms with Gasteiger partial charge < -0.3 is 9.53 Å². The van der Waals surface area contributed by atoms with E-state index in [1.54, 1.807) is 0 Å². The predicted molar refractivity (Wildman–Crippen MR) is 52.6 cm³/mol. The first kappa shape index (κ1) is 11.0. The molecule has 0 radical (unpaired) electrons. The van der Waals surface area contributed by atoms with Crippen LogP contribution in [0.4, 0.5) is 0 Å². The molecule has 0 aromatic rings. The summed E-state index contributed by atoms with van der Waals surface area (Å²) in [6.07, 6.45) is 2.81. The quantitative estimate of drug-likeness (QED) is 0.381. The molecule has 0 aromatic heterocycles. The van der Waals surface area contributed by atoms with Crippen molar-refractivity contribution in [2.24, 2.45) is 17.3 Å². The zero-order chi connectivity index (χ0) is 10.8. The van der Waals surface area contributed by atoms with E-state index >= 15 is 0 Å². The maximum Gasteiger partial charge on any atom is 0.306 e. The molecule has 2 atom stereocenters. The number of hydrogen-bond donors (Lipinski definition) is 0. The number of carbonyl (C=O) groups excluding carboxylic acids is 2. The van der Waals surface area contributed by atoms with Crippen molar-refractivity contribution in [1.82, 2.24) is 0 Å². The second kappa shape index (κ2) is 3.95. The molecular formula is C11H16O3. The topological polar surface area (TPSA) is 43.4 Å². The fourth-order valence-corrected chi connectivity index (χ4v) is 1.84. The Kier molecular flexibility index (Phi) is 3.09. The van der Waals surface area contributed by atoms with E-state index in [4.69, 9.17) is 4.74 Å². The zero-order valence-corrected chi connectivity index (χ0v) is 8.66. The highest BCUT2D eigenvalue weighted by Gasteiger charge is 2.58. The lowest BCUT2D eigenvalue weighted by atomic mass is 10.1. The van der Waals surface area contributed by atoms with E-state index in [0.717, 1.165) is 6.29 Å². The van der Waals surface area contributed by atoms with Gasteiger partial charge in [0.1, 0.15) is 12.9 Å². The minimum absolute atomic E-state index is 0.0128. The predicted octanol–water partition coefficient (Wildman–Crippen LogP) is 1.58. The fourth-order valence-electron chi connectivity index (χ4n) is 1.84. The Morgan fingerprint density at radius 1 is 1.57 bits per heavy atom. The van der Waals surface area contributed by atoms with Crippen LogP contribution in [0.15, 0.2) is 12.7 Å². The molecule has 1 saturated carbocycles. The van der Waals surface area contributed by atoms with Crippen molar-refractivity contribution < 1.29 is 14.3 Å². The van der Waals surface area contributed by atoms with Crippen LogP contribution in [0.3, 0.4) is 0 Å².